The number of halogens is 3. The van der Waals surface area contributed by atoms with Gasteiger partial charge in [0.05, 0.1) is 23.5 Å². The molecule has 1 aliphatic rings. The first kappa shape index (κ1) is 16.7. The summed E-state index contributed by atoms with van der Waals surface area (Å²) >= 11 is 0. The van der Waals surface area contributed by atoms with Crippen molar-refractivity contribution in [2.75, 3.05) is 18.0 Å². The molecule has 3 heterocycles. The highest BCUT2D eigenvalue weighted by Crippen LogP contribution is 2.38. The molecule has 0 N–H and O–H groups in total. The largest absolute Gasteiger partial charge is 0.418 e. The molecule has 0 saturated carbocycles. The van der Waals surface area contributed by atoms with Gasteiger partial charge in [0.25, 0.3) is 0 Å². The number of rotatable bonds is 2. The van der Waals surface area contributed by atoms with Gasteiger partial charge >= 0.3 is 6.18 Å². The van der Waals surface area contributed by atoms with Gasteiger partial charge in [-0.2, -0.15) is 13.2 Å². The number of anilines is 1. The molecule has 1 aliphatic heterocycles. The predicted molar refractivity (Wildman–Crippen MR) is 89.6 cm³/mol. The number of nitrogens with zero attached hydrogens (tertiary/aromatic N) is 6. The molecule has 6 nitrogen and oxygen atoms in total. The number of fused-ring (bicyclic) bond motifs is 1. The van der Waals surface area contributed by atoms with Crippen molar-refractivity contribution in [1.82, 2.24) is 25.0 Å². The van der Waals surface area contributed by atoms with Crippen molar-refractivity contribution in [3.63, 3.8) is 0 Å². The van der Waals surface area contributed by atoms with Gasteiger partial charge in [-0.05, 0) is 24.5 Å². The van der Waals surface area contributed by atoms with Crippen LogP contribution in [0.1, 0.15) is 24.9 Å². The Labute approximate surface area is 147 Å². The van der Waals surface area contributed by atoms with E-state index in [0.29, 0.717) is 18.2 Å². The lowest BCUT2D eigenvalue weighted by Gasteiger charge is -2.38. The van der Waals surface area contributed by atoms with Crippen LogP contribution in [-0.4, -0.2) is 38.1 Å². The fourth-order valence-electron chi connectivity index (χ4n) is 3.65. The van der Waals surface area contributed by atoms with Crippen LogP contribution in [0.3, 0.4) is 0 Å². The van der Waals surface area contributed by atoms with Crippen molar-refractivity contribution in [3.05, 3.63) is 42.5 Å². The quantitative estimate of drug-likeness (QED) is 0.700. The molecule has 4 rings (SSSR count). The van der Waals surface area contributed by atoms with Crippen LogP contribution in [0.2, 0.25) is 0 Å². The molecule has 136 valence electrons. The van der Waals surface area contributed by atoms with E-state index in [9.17, 15) is 13.2 Å². The lowest BCUT2D eigenvalue weighted by atomic mass is 9.95. The zero-order valence-electron chi connectivity index (χ0n) is 14.1. The Bertz CT molecular complexity index is 909. The fourth-order valence-corrected chi connectivity index (χ4v) is 3.65. The van der Waals surface area contributed by atoms with Crippen LogP contribution in [0.15, 0.2) is 36.9 Å². The van der Waals surface area contributed by atoms with Crippen LogP contribution >= 0.6 is 0 Å². The van der Waals surface area contributed by atoms with Crippen molar-refractivity contribution >= 4 is 16.7 Å². The lowest BCUT2D eigenvalue weighted by molar-refractivity contribution is -0.136. The second-order valence-electron chi connectivity index (χ2n) is 6.67. The summed E-state index contributed by atoms with van der Waals surface area (Å²) in [6, 6.07) is 2.70. The molecule has 0 bridgehead atoms. The van der Waals surface area contributed by atoms with Gasteiger partial charge in [-0.15, -0.1) is 5.10 Å². The van der Waals surface area contributed by atoms with Crippen molar-refractivity contribution in [3.8, 4) is 0 Å². The Hall–Kier alpha value is -2.71. The molecular weight excluding hydrogens is 345 g/mol. The first-order valence-corrected chi connectivity index (χ1v) is 8.35. The standard InChI is InChI=1S/C17H17F3N6/c1-11-8-12(26-7-6-23-24-26)10-25(9-11)14-3-2-13(17(18,19)20)15-16(14)22-5-4-21-15/h2-7,11-12H,8-10H2,1H3. The highest BCUT2D eigenvalue weighted by Gasteiger charge is 2.35. The van der Waals surface area contributed by atoms with Crippen molar-refractivity contribution < 1.29 is 13.2 Å². The normalized spacial score (nSPS) is 21.3. The third kappa shape index (κ3) is 2.97. The maximum absolute atomic E-state index is 13.3. The van der Waals surface area contributed by atoms with E-state index in [4.69, 9.17) is 0 Å². The van der Waals surface area contributed by atoms with Crippen LogP contribution in [0.4, 0.5) is 18.9 Å². The number of hydrogen-bond donors (Lipinski definition) is 0. The van der Waals surface area contributed by atoms with Crippen molar-refractivity contribution in [2.24, 2.45) is 5.92 Å². The summed E-state index contributed by atoms with van der Waals surface area (Å²) in [6.07, 6.45) is 2.62. The maximum atomic E-state index is 13.3. The van der Waals surface area contributed by atoms with Crippen LogP contribution in [0.5, 0.6) is 0 Å². The molecule has 3 aromatic rings. The van der Waals surface area contributed by atoms with Crippen LogP contribution < -0.4 is 4.90 Å². The maximum Gasteiger partial charge on any atom is 0.418 e. The highest BCUT2D eigenvalue weighted by atomic mass is 19.4. The van der Waals surface area contributed by atoms with E-state index in [-0.39, 0.29) is 17.1 Å². The predicted octanol–water partition coefficient (Wildman–Crippen LogP) is 3.33. The Morgan fingerprint density at radius 3 is 2.50 bits per heavy atom. The average molecular weight is 362 g/mol. The Morgan fingerprint density at radius 1 is 1.04 bits per heavy atom. The lowest BCUT2D eigenvalue weighted by Crippen LogP contribution is -2.41. The molecule has 1 aromatic carbocycles. The summed E-state index contributed by atoms with van der Waals surface area (Å²) in [6.45, 7) is 3.49. The van der Waals surface area contributed by atoms with Gasteiger partial charge in [-0.25, -0.2) is 4.68 Å². The third-order valence-electron chi connectivity index (χ3n) is 4.70. The number of aromatic nitrogens is 5. The molecule has 2 atom stereocenters. The summed E-state index contributed by atoms with van der Waals surface area (Å²) < 4.78 is 41.7. The number of piperidine rings is 1. The summed E-state index contributed by atoms with van der Waals surface area (Å²) in [4.78, 5) is 10.2. The minimum absolute atomic E-state index is 0.107. The first-order valence-electron chi connectivity index (χ1n) is 8.35. The fraction of sp³-hybridized carbons (Fsp3) is 0.412. The molecule has 2 unspecified atom stereocenters. The Morgan fingerprint density at radius 2 is 1.81 bits per heavy atom. The Kier molecular flexibility index (Phi) is 4.01. The zero-order valence-corrected chi connectivity index (χ0v) is 14.1. The molecule has 0 amide bonds. The van der Waals surface area contributed by atoms with E-state index in [1.54, 1.807) is 10.9 Å². The van der Waals surface area contributed by atoms with E-state index in [1.165, 1.54) is 18.5 Å². The van der Waals surface area contributed by atoms with Gasteiger partial charge in [-0.1, -0.05) is 12.1 Å². The zero-order chi connectivity index (χ0) is 18.3. The second kappa shape index (κ2) is 6.22. The average Bonchev–Trinajstić information content (AvgIpc) is 3.14. The van der Waals surface area contributed by atoms with E-state index in [2.05, 4.69) is 32.1 Å². The molecule has 0 aliphatic carbocycles. The van der Waals surface area contributed by atoms with Crippen LogP contribution in [-0.2, 0) is 6.18 Å². The smallest absolute Gasteiger partial charge is 0.367 e. The topological polar surface area (TPSA) is 59.7 Å². The van der Waals surface area contributed by atoms with Gasteiger partial charge in [0.2, 0.25) is 0 Å². The number of benzene rings is 1. The second-order valence-corrected chi connectivity index (χ2v) is 6.67. The SMILES string of the molecule is CC1CC(n2ccnn2)CN(c2ccc(C(F)(F)F)c3nccnc23)C1. The van der Waals surface area contributed by atoms with Gasteiger partial charge in [0, 0.05) is 31.7 Å². The van der Waals surface area contributed by atoms with Gasteiger partial charge in [0.15, 0.2) is 0 Å². The van der Waals surface area contributed by atoms with Crippen molar-refractivity contribution in [1.29, 1.82) is 0 Å². The van der Waals surface area contributed by atoms with E-state index in [0.717, 1.165) is 19.0 Å². The first-order chi connectivity index (χ1) is 12.4. The highest BCUT2D eigenvalue weighted by molar-refractivity contribution is 5.90. The molecule has 26 heavy (non-hydrogen) atoms. The molecular formula is C17H17F3N6. The van der Waals surface area contributed by atoms with Gasteiger partial charge < -0.3 is 4.90 Å². The molecule has 0 radical (unpaired) electrons. The summed E-state index contributed by atoms with van der Waals surface area (Å²) in [5.74, 6) is 0.354. The minimum atomic E-state index is -4.47. The molecule has 1 saturated heterocycles. The monoisotopic (exact) mass is 362 g/mol. The minimum Gasteiger partial charge on any atom is -0.367 e. The summed E-state index contributed by atoms with van der Waals surface area (Å²) in [7, 11) is 0. The van der Waals surface area contributed by atoms with Crippen LogP contribution in [0, 0.1) is 5.92 Å². The molecule has 0 spiro atoms. The molecule has 9 heteroatoms. The summed E-state index contributed by atoms with van der Waals surface area (Å²) in [5.41, 5.74) is 0.0572. The molecule has 2 aromatic heterocycles. The third-order valence-corrected chi connectivity index (χ3v) is 4.70. The van der Waals surface area contributed by atoms with Gasteiger partial charge in [0.1, 0.15) is 11.0 Å². The summed E-state index contributed by atoms with van der Waals surface area (Å²) in [5, 5.41) is 7.93. The number of hydrogen-bond acceptors (Lipinski definition) is 5. The molecule has 1 fully saturated rings. The van der Waals surface area contributed by atoms with Crippen LogP contribution in [0.25, 0.3) is 11.0 Å². The van der Waals surface area contributed by atoms with E-state index < -0.39 is 11.7 Å². The van der Waals surface area contributed by atoms with E-state index in [1.807, 2.05) is 6.20 Å². The van der Waals surface area contributed by atoms with E-state index >= 15 is 0 Å². The van der Waals surface area contributed by atoms with Crippen molar-refractivity contribution in [2.45, 2.75) is 25.6 Å². The van der Waals surface area contributed by atoms with Gasteiger partial charge in [-0.3, -0.25) is 9.97 Å². The number of alkyl halides is 3. The Balaban J connectivity index is 1.77.